The maximum absolute atomic E-state index is 11.5. The van der Waals surface area contributed by atoms with Crippen molar-refractivity contribution in [1.82, 2.24) is 5.32 Å². The fourth-order valence-corrected chi connectivity index (χ4v) is 1.29. The van der Waals surface area contributed by atoms with Gasteiger partial charge in [-0.25, -0.2) is 4.79 Å². The van der Waals surface area contributed by atoms with Gasteiger partial charge in [-0.3, -0.25) is 0 Å². The van der Waals surface area contributed by atoms with Gasteiger partial charge in [0.25, 0.3) is 0 Å². The molecule has 0 radical (unpaired) electrons. The number of carbonyl (C=O) groups excluding carboxylic acids is 1. The summed E-state index contributed by atoms with van der Waals surface area (Å²) in [5.41, 5.74) is 0.979. The molecule has 17 heavy (non-hydrogen) atoms. The van der Waals surface area contributed by atoms with E-state index in [9.17, 15) is 4.79 Å². The molecule has 3 heteroatoms. The van der Waals surface area contributed by atoms with Gasteiger partial charge in [-0.2, -0.15) is 0 Å². The molecule has 0 fully saturated rings. The van der Waals surface area contributed by atoms with E-state index in [2.05, 4.69) is 11.9 Å². The second kappa shape index (κ2) is 6.74. The average Bonchev–Trinajstić information content (AvgIpc) is 2.36. The third-order valence-corrected chi connectivity index (χ3v) is 2.72. The molecule has 1 aromatic carbocycles. The second-order valence-electron chi connectivity index (χ2n) is 4.09. The Labute approximate surface area is 102 Å². The van der Waals surface area contributed by atoms with Gasteiger partial charge in [-0.05, 0) is 18.4 Å². The van der Waals surface area contributed by atoms with Gasteiger partial charge in [-0.1, -0.05) is 43.3 Å². The van der Waals surface area contributed by atoms with E-state index in [0.717, 1.165) is 5.56 Å². The minimum Gasteiger partial charge on any atom is -0.445 e. The predicted molar refractivity (Wildman–Crippen MR) is 68.6 cm³/mol. The largest absolute Gasteiger partial charge is 0.445 e. The summed E-state index contributed by atoms with van der Waals surface area (Å²) in [6, 6.07) is 9.62. The van der Waals surface area contributed by atoms with Crippen LogP contribution in [-0.4, -0.2) is 12.1 Å². The van der Waals surface area contributed by atoms with Crippen molar-refractivity contribution in [1.29, 1.82) is 0 Å². The first-order chi connectivity index (χ1) is 8.13. The molecule has 0 unspecified atom stereocenters. The lowest BCUT2D eigenvalue weighted by atomic mass is 10.1. The Kier molecular flexibility index (Phi) is 5.27. The number of hydrogen-bond acceptors (Lipinski definition) is 2. The maximum Gasteiger partial charge on any atom is 0.407 e. The van der Waals surface area contributed by atoms with Crippen molar-refractivity contribution >= 4 is 6.09 Å². The van der Waals surface area contributed by atoms with E-state index >= 15 is 0 Å². The summed E-state index contributed by atoms with van der Waals surface area (Å²) in [7, 11) is 0. The number of nitrogens with one attached hydrogen (secondary N) is 1. The van der Waals surface area contributed by atoms with Crippen molar-refractivity contribution in [2.45, 2.75) is 26.5 Å². The van der Waals surface area contributed by atoms with Gasteiger partial charge in [0.1, 0.15) is 6.61 Å². The lowest BCUT2D eigenvalue weighted by molar-refractivity contribution is 0.134. The Morgan fingerprint density at radius 1 is 1.41 bits per heavy atom. The highest BCUT2D eigenvalue weighted by Gasteiger charge is 2.12. The number of benzene rings is 1. The summed E-state index contributed by atoms with van der Waals surface area (Å²) in [5.74, 6) is 0.222. The van der Waals surface area contributed by atoms with Crippen LogP contribution in [0.3, 0.4) is 0 Å². The molecule has 0 spiro atoms. The van der Waals surface area contributed by atoms with Gasteiger partial charge >= 0.3 is 6.09 Å². The van der Waals surface area contributed by atoms with Crippen LogP contribution in [0.25, 0.3) is 0 Å². The molecule has 0 aliphatic heterocycles. The van der Waals surface area contributed by atoms with Crippen molar-refractivity contribution < 1.29 is 9.53 Å². The zero-order valence-electron chi connectivity index (χ0n) is 10.3. The van der Waals surface area contributed by atoms with Crippen molar-refractivity contribution in [3.8, 4) is 0 Å². The highest BCUT2D eigenvalue weighted by Crippen LogP contribution is 2.04. The lowest BCUT2D eigenvalue weighted by Crippen LogP contribution is -2.36. The average molecular weight is 233 g/mol. The van der Waals surface area contributed by atoms with Gasteiger partial charge in [-0.15, -0.1) is 6.58 Å². The van der Waals surface area contributed by atoms with Crippen molar-refractivity contribution in [3.05, 3.63) is 48.6 Å². The fraction of sp³-hybridized carbons (Fsp3) is 0.357. The Balaban J connectivity index is 2.33. The summed E-state index contributed by atoms with van der Waals surface area (Å²) in [6.45, 7) is 7.91. The smallest absolute Gasteiger partial charge is 0.407 e. The van der Waals surface area contributed by atoms with E-state index in [-0.39, 0.29) is 12.0 Å². The van der Waals surface area contributed by atoms with E-state index in [4.69, 9.17) is 4.74 Å². The molecule has 3 nitrogen and oxygen atoms in total. The first kappa shape index (κ1) is 13.3. The molecule has 1 N–H and O–H groups in total. The van der Waals surface area contributed by atoms with E-state index in [1.54, 1.807) is 0 Å². The van der Waals surface area contributed by atoms with Crippen LogP contribution in [0, 0.1) is 5.92 Å². The number of rotatable bonds is 5. The zero-order valence-corrected chi connectivity index (χ0v) is 10.3. The number of amides is 1. The SMILES string of the molecule is C=C[C@H](C)[C@@H](C)NC(=O)OCc1ccccc1. The van der Waals surface area contributed by atoms with Crippen LogP contribution in [0.1, 0.15) is 19.4 Å². The van der Waals surface area contributed by atoms with E-state index in [0.29, 0.717) is 6.61 Å². The quantitative estimate of drug-likeness (QED) is 0.793. The number of hydrogen-bond donors (Lipinski definition) is 1. The lowest BCUT2D eigenvalue weighted by Gasteiger charge is -2.17. The van der Waals surface area contributed by atoms with Crippen molar-refractivity contribution in [2.24, 2.45) is 5.92 Å². The van der Waals surface area contributed by atoms with E-state index in [1.807, 2.05) is 50.3 Å². The first-order valence-electron chi connectivity index (χ1n) is 5.73. The van der Waals surface area contributed by atoms with Gasteiger partial charge in [0.15, 0.2) is 0 Å². The number of carbonyl (C=O) groups is 1. The molecule has 0 aliphatic rings. The minimum absolute atomic E-state index is 0.0239. The van der Waals surface area contributed by atoms with Crippen LogP contribution in [0.5, 0.6) is 0 Å². The first-order valence-corrected chi connectivity index (χ1v) is 5.73. The van der Waals surface area contributed by atoms with E-state index < -0.39 is 6.09 Å². The van der Waals surface area contributed by atoms with Crippen molar-refractivity contribution in [3.63, 3.8) is 0 Å². The Bertz CT molecular complexity index is 362. The van der Waals surface area contributed by atoms with E-state index in [1.165, 1.54) is 0 Å². The van der Waals surface area contributed by atoms with Gasteiger partial charge < -0.3 is 10.1 Å². The second-order valence-corrected chi connectivity index (χ2v) is 4.09. The van der Waals surface area contributed by atoms with Crippen LogP contribution < -0.4 is 5.32 Å². The monoisotopic (exact) mass is 233 g/mol. The van der Waals surface area contributed by atoms with Crippen molar-refractivity contribution in [2.75, 3.05) is 0 Å². The van der Waals surface area contributed by atoms with Crippen LogP contribution >= 0.6 is 0 Å². The molecule has 0 saturated carbocycles. The predicted octanol–water partition coefficient (Wildman–Crippen LogP) is 3.12. The molecule has 1 rings (SSSR count). The molecule has 0 aromatic heterocycles. The molecular weight excluding hydrogens is 214 g/mol. The molecule has 0 bridgehead atoms. The minimum atomic E-state index is -0.393. The topological polar surface area (TPSA) is 38.3 Å². The normalized spacial score (nSPS) is 13.5. The third kappa shape index (κ3) is 4.72. The fourth-order valence-electron chi connectivity index (χ4n) is 1.29. The van der Waals surface area contributed by atoms with Gasteiger partial charge in [0.2, 0.25) is 0 Å². The third-order valence-electron chi connectivity index (χ3n) is 2.72. The summed E-state index contributed by atoms with van der Waals surface area (Å²) >= 11 is 0. The Morgan fingerprint density at radius 3 is 2.65 bits per heavy atom. The molecule has 1 aromatic rings. The Morgan fingerprint density at radius 2 is 2.06 bits per heavy atom. The molecule has 92 valence electrons. The zero-order chi connectivity index (χ0) is 12.7. The molecule has 0 aliphatic carbocycles. The summed E-state index contributed by atoms with van der Waals surface area (Å²) in [5, 5.41) is 2.77. The summed E-state index contributed by atoms with van der Waals surface area (Å²) in [4.78, 5) is 11.5. The maximum atomic E-state index is 11.5. The highest BCUT2D eigenvalue weighted by molar-refractivity contribution is 5.67. The molecule has 2 atom stereocenters. The molecule has 1 amide bonds. The Hall–Kier alpha value is -1.77. The molecule has 0 saturated heterocycles. The van der Waals surface area contributed by atoms with Gasteiger partial charge in [0.05, 0.1) is 0 Å². The van der Waals surface area contributed by atoms with Crippen LogP contribution in [0.15, 0.2) is 43.0 Å². The van der Waals surface area contributed by atoms with Crippen LogP contribution in [0.2, 0.25) is 0 Å². The molecule has 0 heterocycles. The van der Waals surface area contributed by atoms with Gasteiger partial charge in [0, 0.05) is 6.04 Å². The van der Waals surface area contributed by atoms with Crippen LogP contribution in [-0.2, 0) is 11.3 Å². The molecular formula is C14H19NO2. The number of ether oxygens (including phenoxy) is 1. The number of alkyl carbamates (subject to hydrolysis) is 1. The van der Waals surface area contributed by atoms with Crippen LogP contribution in [0.4, 0.5) is 4.79 Å². The summed E-state index contributed by atoms with van der Waals surface area (Å²) in [6.07, 6.45) is 1.41. The highest BCUT2D eigenvalue weighted by atomic mass is 16.5. The summed E-state index contributed by atoms with van der Waals surface area (Å²) < 4.78 is 5.11. The standard InChI is InChI=1S/C14H19NO2/c1-4-11(2)12(3)15-14(16)17-10-13-8-6-5-7-9-13/h4-9,11-12H,1,10H2,2-3H3,(H,15,16)/t11-,12+/m0/s1.